The summed E-state index contributed by atoms with van der Waals surface area (Å²) in [5.41, 5.74) is -0.448. The second-order valence-electron chi connectivity index (χ2n) is 8.74. The monoisotopic (exact) mass is 446 g/mol. The van der Waals surface area contributed by atoms with Crippen molar-refractivity contribution in [3.8, 4) is 5.75 Å². The summed E-state index contributed by atoms with van der Waals surface area (Å²) < 4.78 is 35.0. The first-order valence-electron chi connectivity index (χ1n) is 10.3. The second kappa shape index (κ2) is 8.09. The van der Waals surface area contributed by atoms with Crippen molar-refractivity contribution >= 4 is 23.3 Å². The summed E-state index contributed by atoms with van der Waals surface area (Å²) in [4.78, 5) is 27.4. The molecule has 0 spiro atoms. The van der Waals surface area contributed by atoms with E-state index in [0.717, 1.165) is 0 Å². The molecule has 1 saturated heterocycles. The zero-order valence-electron chi connectivity index (χ0n) is 18.0. The van der Waals surface area contributed by atoms with Gasteiger partial charge < -0.3 is 14.8 Å². The third-order valence-corrected chi connectivity index (χ3v) is 5.94. The Bertz CT molecular complexity index is 1050. The number of aromatic nitrogens is 2. The van der Waals surface area contributed by atoms with Crippen LogP contribution in [0.3, 0.4) is 0 Å². The van der Waals surface area contributed by atoms with Gasteiger partial charge in [-0.3, -0.25) is 14.5 Å². The van der Waals surface area contributed by atoms with Gasteiger partial charge >= 0.3 is 6.61 Å². The third kappa shape index (κ3) is 4.02. The van der Waals surface area contributed by atoms with Crippen LogP contribution < -0.4 is 15.0 Å². The van der Waals surface area contributed by atoms with Gasteiger partial charge in [-0.15, -0.1) is 10.2 Å². The van der Waals surface area contributed by atoms with Crippen LogP contribution in [0.1, 0.15) is 49.7 Å². The van der Waals surface area contributed by atoms with E-state index in [0.29, 0.717) is 37.3 Å². The average molecular weight is 446 g/mol. The molecule has 0 saturated carbocycles. The highest BCUT2D eigenvalue weighted by Crippen LogP contribution is 2.44. The molecule has 32 heavy (non-hydrogen) atoms. The predicted octanol–water partition coefficient (Wildman–Crippen LogP) is 3.33. The number of carbonyl (C=O) groups excluding carboxylic acids is 2. The molecule has 2 aliphatic heterocycles. The van der Waals surface area contributed by atoms with Crippen LogP contribution in [0.4, 0.5) is 20.3 Å². The first-order chi connectivity index (χ1) is 15.1. The zero-order chi connectivity index (χ0) is 23.1. The van der Waals surface area contributed by atoms with Gasteiger partial charge in [-0.1, -0.05) is 6.07 Å². The Kier molecular flexibility index (Phi) is 5.58. The van der Waals surface area contributed by atoms with Crippen molar-refractivity contribution < 1.29 is 27.8 Å². The Balaban J connectivity index is 1.66. The number of benzene rings is 1. The highest BCUT2D eigenvalue weighted by molar-refractivity contribution is 6.12. The molecule has 10 heteroatoms. The molecule has 1 fully saturated rings. The normalized spacial score (nSPS) is 19.1. The fourth-order valence-electron chi connectivity index (χ4n) is 3.94. The third-order valence-electron chi connectivity index (χ3n) is 5.94. The SMILES string of the molecule is CC1(NC(=O)c2cc3c(nn2)N(c2cccc(OC(F)F)c2)C(=O)C3(C)C)CCOCC1. The molecule has 0 unspecified atom stereocenters. The lowest BCUT2D eigenvalue weighted by atomic mass is 9.87. The largest absolute Gasteiger partial charge is 0.435 e. The summed E-state index contributed by atoms with van der Waals surface area (Å²) in [6.07, 6.45) is 1.37. The topological polar surface area (TPSA) is 93.7 Å². The van der Waals surface area contributed by atoms with E-state index in [9.17, 15) is 18.4 Å². The molecule has 0 atom stereocenters. The fourth-order valence-corrected chi connectivity index (χ4v) is 3.94. The number of amides is 2. The van der Waals surface area contributed by atoms with E-state index in [2.05, 4.69) is 20.3 Å². The Hall–Kier alpha value is -3.14. The molecule has 2 aromatic rings. The predicted molar refractivity (Wildman–Crippen MR) is 111 cm³/mol. The molecule has 0 radical (unpaired) electrons. The van der Waals surface area contributed by atoms with Crippen molar-refractivity contribution in [1.82, 2.24) is 15.5 Å². The highest BCUT2D eigenvalue weighted by Gasteiger charge is 2.47. The van der Waals surface area contributed by atoms with Crippen LogP contribution in [-0.4, -0.2) is 47.4 Å². The zero-order valence-corrected chi connectivity index (χ0v) is 18.0. The van der Waals surface area contributed by atoms with E-state index < -0.39 is 17.6 Å². The fraction of sp³-hybridized carbons (Fsp3) is 0.455. The number of fused-ring (bicyclic) bond motifs is 1. The van der Waals surface area contributed by atoms with Gasteiger partial charge in [0.15, 0.2) is 11.5 Å². The maximum Gasteiger partial charge on any atom is 0.387 e. The Labute approximate surface area is 183 Å². The summed E-state index contributed by atoms with van der Waals surface area (Å²) in [5.74, 6) is -0.517. The van der Waals surface area contributed by atoms with Crippen molar-refractivity contribution in [2.45, 2.75) is 51.2 Å². The first kappa shape index (κ1) is 22.1. The van der Waals surface area contributed by atoms with Gasteiger partial charge in [-0.25, -0.2) is 0 Å². The summed E-state index contributed by atoms with van der Waals surface area (Å²) >= 11 is 0. The van der Waals surface area contributed by atoms with Gasteiger partial charge in [0.25, 0.3) is 5.91 Å². The summed E-state index contributed by atoms with van der Waals surface area (Å²) in [7, 11) is 0. The number of alkyl halides is 2. The lowest BCUT2D eigenvalue weighted by Crippen LogP contribution is -2.49. The minimum Gasteiger partial charge on any atom is -0.435 e. The molecule has 1 N–H and O–H groups in total. The van der Waals surface area contributed by atoms with Gasteiger partial charge in [0.05, 0.1) is 11.1 Å². The number of nitrogens with zero attached hydrogens (tertiary/aromatic N) is 3. The van der Waals surface area contributed by atoms with Gasteiger partial charge in [0.1, 0.15) is 5.75 Å². The van der Waals surface area contributed by atoms with Gasteiger partial charge in [-0.05, 0) is 51.8 Å². The molecule has 0 bridgehead atoms. The molecule has 8 nitrogen and oxygen atoms in total. The molecule has 1 aromatic heterocycles. The maximum atomic E-state index is 13.2. The smallest absolute Gasteiger partial charge is 0.387 e. The van der Waals surface area contributed by atoms with Gasteiger partial charge in [0.2, 0.25) is 5.91 Å². The molecule has 0 aliphatic carbocycles. The van der Waals surface area contributed by atoms with Crippen LogP contribution in [0.5, 0.6) is 5.75 Å². The van der Waals surface area contributed by atoms with E-state index in [1.807, 2.05) is 6.92 Å². The number of ether oxygens (including phenoxy) is 2. The number of hydrogen-bond acceptors (Lipinski definition) is 6. The molecular weight excluding hydrogens is 422 g/mol. The van der Waals surface area contributed by atoms with Gasteiger partial charge in [0, 0.05) is 30.4 Å². The van der Waals surface area contributed by atoms with E-state index in [1.54, 1.807) is 26.0 Å². The van der Waals surface area contributed by atoms with Crippen LogP contribution >= 0.6 is 0 Å². The maximum absolute atomic E-state index is 13.2. The molecule has 4 rings (SSSR count). The summed E-state index contributed by atoms with van der Waals surface area (Å²) in [6.45, 7) is 3.54. The first-order valence-corrected chi connectivity index (χ1v) is 10.3. The highest BCUT2D eigenvalue weighted by atomic mass is 19.3. The quantitative estimate of drug-likeness (QED) is 0.757. The van der Waals surface area contributed by atoms with Crippen LogP contribution in [0.2, 0.25) is 0 Å². The van der Waals surface area contributed by atoms with Crippen molar-refractivity contribution in [3.63, 3.8) is 0 Å². The lowest BCUT2D eigenvalue weighted by molar-refractivity contribution is -0.121. The van der Waals surface area contributed by atoms with Crippen molar-refractivity contribution in [1.29, 1.82) is 0 Å². The second-order valence-corrected chi connectivity index (χ2v) is 8.74. The molecule has 170 valence electrons. The number of rotatable bonds is 5. The molecule has 2 amide bonds. The number of halogens is 2. The Morgan fingerprint density at radius 3 is 2.59 bits per heavy atom. The number of hydrogen-bond donors (Lipinski definition) is 1. The molecule has 3 heterocycles. The number of carbonyl (C=O) groups is 2. The minimum absolute atomic E-state index is 0.0785. The van der Waals surface area contributed by atoms with Gasteiger partial charge in [-0.2, -0.15) is 8.78 Å². The van der Waals surface area contributed by atoms with Crippen molar-refractivity contribution in [2.75, 3.05) is 18.1 Å². The van der Waals surface area contributed by atoms with Crippen molar-refractivity contribution in [3.05, 3.63) is 41.6 Å². The molecule has 1 aromatic carbocycles. The number of nitrogens with one attached hydrogen (secondary N) is 1. The number of anilines is 2. The van der Waals surface area contributed by atoms with E-state index in [4.69, 9.17) is 4.74 Å². The van der Waals surface area contributed by atoms with Crippen molar-refractivity contribution in [2.24, 2.45) is 0 Å². The Morgan fingerprint density at radius 1 is 1.19 bits per heavy atom. The van der Waals surface area contributed by atoms with Crippen LogP contribution in [0, 0.1) is 0 Å². The summed E-state index contributed by atoms with van der Waals surface area (Å²) in [5, 5.41) is 11.2. The van der Waals surface area contributed by atoms with Crippen LogP contribution in [0.25, 0.3) is 0 Å². The standard InChI is InChI=1S/C22H24F2N4O4/c1-21(2)15-12-16(18(29)25-22(3)7-9-31-10-8-22)26-27-17(15)28(19(21)30)13-5-4-6-14(11-13)32-20(23)24/h4-6,11-12,20H,7-10H2,1-3H3,(H,25,29). The minimum atomic E-state index is -2.98. The summed E-state index contributed by atoms with van der Waals surface area (Å²) in [6, 6.07) is 7.38. The van der Waals surface area contributed by atoms with E-state index in [1.165, 1.54) is 23.1 Å². The van der Waals surface area contributed by atoms with Crippen LogP contribution in [0.15, 0.2) is 30.3 Å². The van der Waals surface area contributed by atoms with E-state index in [-0.39, 0.29) is 29.1 Å². The molecule has 2 aliphatic rings. The Morgan fingerprint density at radius 2 is 1.91 bits per heavy atom. The van der Waals surface area contributed by atoms with Crippen LogP contribution in [-0.2, 0) is 14.9 Å². The lowest BCUT2D eigenvalue weighted by Gasteiger charge is -2.34. The van der Waals surface area contributed by atoms with E-state index >= 15 is 0 Å². The average Bonchev–Trinajstić information content (AvgIpc) is 2.93. The molecular formula is C22H24F2N4O4.